The molecule has 1 heterocycles. The molecule has 0 aliphatic rings. The van der Waals surface area contributed by atoms with Crippen LogP contribution in [0.1, 0.15) is 25.1 Å². The van der Waals surface area contributed by atoms with Gasteiger partial charge in [-0.15, -0.1) is 11.8 Å². The molecule has 2 rings (SSSR count). The van der Waals surface area contributed by atoms with E-state index in [2.05, 4.69) is 17.4 Å². The minimum Gasteiger partial charge on any atom is -0.271 e. The second-order valence-electron chi connectivity index (χ2n) is 4.59. The van der Waals surface area contributed by atoms with Gasteiger partial charge in [0.15, 0.2) is 0 Å². The lowest BCUT2D eigenvalue weighted by Crippen LogP contribution is -2.31. The minimum absolute atomic E-state index is 0.153. The van der Waals surface area contributed by atoms with Crippen molar-refractivity contribution < 1.29 is 4.39 Å². The van der Waals surface area contributed by atoms with Crippen LogP contribution < -0.4 is 11.3 Å². The van der Waals surface area contributed by atoms with Crippen LogP contribution in [-0.2, 0) is 6.54 Å². The predicted molar refractivity (Wildman–Crippen MR) is 84.7 cm³/mol. The fourth-order valence-corrected chi connectivity index (χ4v) is 3.31. The third-order valence-corrected chi connectivity index (χ3v) is 4.39. The number of rotatable bonds is 7. The highest BCUT2D eigenvalue weighted by Gasteiger charge is 2.19. The zero-order valence-corrected chi connectivity index (χ0v) is 13.3. The highest BCUT2D eigenvalue weighted by molar-refractivity contribution is 7.99. The average molecular weight is 329 g/mol. The Labute approximate surface area is 132 Å². The minimum atomic E-state index is -0.244. The normalized spacial score (nSPS) is 12.6. The largest absolute Gasteiger partial charge is 0.271 e. The fraction of sp³-hybridized carbons (Fsp3) is 0.357. The second kappa shape index (κ2) is 7.79. The van der Waals surface area contributed by atoms with E-state index in [4.69, 9.17) is 17.4 Å². The van der Waals surface area contributed by atoms with Crippen molar-refractivity contribution in [3.05, 3.63) is 47.0 Å². The molecule has 0 aliphatic carbocycles. The van der Waals surface area contributed by atoms with Gasteiger partial charge in [-0.05, 0) is 24.6 Å². The maximum absolute atomic E-state index is 13.2. The number of aryl methyl sites for hydroxylation is 1. The number of nitrogens with zero attached hydrogens (tertiary/aromatic N) is 2. The van der Waals surface area contributed by atoms with Crippen molar-refractivity contribution in [2.75, 3.05) is 5.75 Å². The van der Waals surface area contributed by atoms with Gasteiger partial charge in [0.2, 0.25) is 0 Å². The van der Waals surface area contributed by atoms with Crippen molar-refractivity contribution >= 4 is 23.4 Å². The number of nitrogens with two attached hydrogens (primary N) is 1. The van der Waals surface area contributed by atoms with Gasteiger partial charge in [0.05, 0.1) is 23.0 Å². The molecule has 0 saturated carbocycles. The van der Waals surface area contributed by atoms with Crippen LogP contribution in [0.4, 0.5) is 4.39 Å². The summed E-state index contributed by atoms with van der Waals surface area (Å²) in [4.78, 5) is 0.855. The van der Waals surface area contributed by atoms with E-state index in [1.807, 2.05) is 10.7 Å². The summed E-state index contributed by atoms with van der Waals surface area (Å²) in [6.45, 7) is 2.86. The number of hydrogen-bond donors (Lipinski definition) is 2. The molecule has 7 heteroatoms. The molecule has 1 unspecified atom stereocenters. The second-order valence-corrected chi connectivity index (χ2v) is 6.09. The van der Waals surface area contributed by atoms with Crippen molar-refractivity contribution in [3.8, 4) is 0 Å². The van der Waals surface area contributed by atoms with Crippen LogP contribution in [0.15, 0.2) is 35.4 Å². The molecule has 0 radical (unpaired) electrons. The first-order valence-corrected chi connectivity index (χ1v) is 8.07. The molecule has 2 aromatic rings. The first-order valence-electron chi connectivity index (χ1n) is 6.71. The summed E-state index contributed by atoms with van der Waals surface area (Å²) in [5.74, 6) is 6.04. The maximum atomic E-state index is 13.2. The van der Waals surface area contributed by atoms with Crippen molar-refractivity contribution in [2.24, 2.45) is 5.84 Å². The fourth-order valence-electron chi connectivity index (χ4n) is 2.05. The van der Waals surface area contributed by atoms with E-state index in [0.29, 0.717) is 10.8 Å². The standard InChI is InChI=1S/C14H18ClFN4S/c1-2-6-20-14(12(15)8-18-20)13(19-17)9-21-11-5-3-4-10(16)7-11/h3-5,7-8,13,19H,2,6,9,17H2,1H3. The van der Waals surface area contributed by atoms with Crippen LogP contribution in [0.25, 0.3) is 0 Å². The highest BCUT2D eigenvalue weighted by atomic mass is 35.5. The van der Waals surface area contributed by atoms with Gasteiger partial charge in [-0.3, -0.25) is 16.0 Å². The lowest BCUT2D eigenvalue weighted by Gasteiger charge is -2.18. The van der Waals surface area contributed by atoms with Crippen molar-refractivity contribution in [2.45, 2.75) is 30.8 Å². The van der Waals surface area contributed by atoms with Gasteiger partial charge in [-0.2, -0.15) is 5.10 Å². The highest BCUT2D eigenvalue weighted by Crippen LogP contribution is 2.28. The van der Waals surface area contributed by atoms with E-state index >= 15 is 0 Å². The monoisotopic (exact) mass is 328 g/mol. The van der Waals surface area contributed by atoms with Gasteiger partial charge >= 0.3 is 0 Å². The SMILES string of the molecule is CCCn1ncc(Cl)c1C(CSc1cccc(F)c1)NN. The van der Waals surface area contributed by atoms with Crippen molar-refractivity contribution in [1.29, 1.82) is 0 Å². The van der Waals surface area contributed by atoms with Crippen LogP contribution >= 0.6 is 23.4 Å². The van der Waals surface area contributed by atoms with Crippen molar-refractivity contribution in [3.63, 3.8) is 0 Å². The first kappa shape index (κ1) is 16.3. The van der Waals surface area contributed by atoms with Gasteiger partial charge in [-0.25, -0.2) is 4.39 Å². The predicted octanol–water partition coefficient (Wildman–Crippen LogP) is 3.38. The number of aromatic nitrogens is 2. The molecule has 0 saturated heterocycles. The summed E-state index contributed by atoms with van der Waals surface area (Å²) in [5.41, 5.74) is 3.63. The molecule has 21 heavy (non-hydrogen) atoms. The number of benzene rings is 1. The first-order chi connectivity index (χ1) is 10.2. The molecule has 0 spiro atoms. The topological polar surface area (TPSA) is 55.9 Å². The molecule has 4 nitrogen and oxygen atoms in total. The number of hydrogen-bond acceptors (Lipinski definition) is 4. The quantitative estimate of drug-likeness (QED) is 0.465. The summed E-state index contributed by atoms with van der Waals surface area (Å²) in [5, 5.41) is 4.85. The molecule has 0 aliphatic heterocycles. The van der Waals surface area contributed by atoms with Crippen LogP contribution in [-0.4, -0.2) is 15.5 Å². The molecule has 3 N–H and O–H groups in total. The van der Waals surface area contributed by atoms with E-state index in [0.717, 1.165) is 23.6 Å². The molecule has 1 atom stereocenters. The Balaban J connectivity index is 2.11. The molecule has 1 aromatic carbocycles. The molecule has 0 amide bonds. The Morgan fingerprint density at radius 3 is 3.00 bits per heavy atom. The van der Waals surface area contributed by atoms with Gasteiger partial charge in [0.25, 0.3) is 0 Å². The Morgan fingerprint density at radius 1 is 1.52 bits per heavy atom. The number of nitrogens with one attached hydrogen (secondary N) is 1. The van der Waals surface area contributed by atoms with Crippen LogP contribution in [0, 0.1) is 5.82 Å². The Morgan fingerprint density at radius 2 is 2.33 bits per heavy atom. The van der Waals surface area contributed by atoms with Crippen molar-refractivity contribution in [1.82, 2.24) is 15.2 Å². The number of thioether (sulfide) groups is 1. The van der Waals surface area contributed by atoms with Gasteiger partial charge in [0.1, 0.15) is 5.82 Å². The van der Waals surface area contributed by atoms with E-state index in [1.54, 1.807) is 12.3 Å². The molecular formula is C14H18ClFN4S. The average Bonchev–Trinajstić information content (AvgIpc) is 2.82. The van der Waals surface area contributed by atoms with Gasteiger partial charge in [-0.1, -0.05) is 24.6 Å². The third-order valence-electron chi connectivity index (χ3n) is 3.01. The summed E-state index contributed by atoms with van der Waals surface area (Å²) in [7, 11) is 0. The Bertz CT molecular complexity index is 590. The third kappa shape index (κ3) is 4.20. The lowest BCUT2D eigenvalue weighted by atomic mass is 10.2. The summed E-state index contributed by atoms with van der Waals surface area (Å²) in [6.07, 6.45) is 2.59. The summed E-state index contributed by atoms with van der Waals surface area (Å²) < 4.78 is 15.0. The Hall–Kier alpha value is -1.08. The molecule has 0 bridgehead atoms. The molecular weight excluding hydrogens is 311 g/mol. The van der Waals surface area contributed by atoms with Crippen LogP contribution in [0.5, 0.6) is 0 Å². The zero-order chi connectivity index (χ0) is 15.2. The maximum Gasteiger partial charge on any atom is 0.124 e. The van der Waals surface area contributed by atoms with E-state index < -0.39 is 0 Å². The number of hydrazine groups is 1. The van der Waals surface area contributed by atoms with Crippen LogP contribution in [0.3, 0.4) is 0 Å². The molecule has 1 aromatic heterocycles. The van der Waals surface area contributed by atoms with Gasteiger partial charge < -0.3 is 0 Å². The summed E-state index contributed by atoms with van der Waals surface area (Å²) >= 11 is 7.73. The lowest BCUT2D eigenvalue weighted by molar-refractivity contribution is 0.508. The zero-order valence-electron chi connectivity index (χ0n) is 11.7. The Kier molecular flexibility index (Phi) is 6.05. The summed E-state index contributed by atoms with van der Waals surface area (Å²) in [6, 6.07) is 6.34. The van der Waals surface area contributed by atoms with Gasteiger partial charge in [0, 0.05) is 17.2 Å². The molecule has 0 fully saturated rings. The molecule has 114 valence electrons. The van der Waals surface area contributed by atoms with E-state index in [1.165, 1.54) is 23.9 Å². The smallest absolute Gasteiger partial charge is 0.124 e. The number of halogens is 2. The van der Waals surface area contributed by atoms with E-state index in [-0.39, 0.29) is 11.9 Å². The van der Waals surface area contributed by atoms with E-state index in [9.17, 15) is 4.39 Å². The van der Waals surface area contributed by atoms with Crippen LogP contribution in [0.2, 0.25) is 5.02 Å².